The number of nitrogens with zero attached hydrogens (tertiary/aromatic N) is 1. The summed E-state index contributed by atoms with van der Waals surface area (Å²) in [7, 11) is 0. The Morgan fingerprint density at radius 3 is 2.47 bits per heavy atom. The highest BCUT2D eigenvalue weighted by Crippen LogP contribution is 2.33. The number of hydrogen-bond acceptors (Lipinski definition) is 3. The molecule has 3 aromatic rings. The molecule has 0 amide bonds. The van der Waals surface area contributed by atoms with Crippen molar-refractivity contribution in [1.29, 1.82) is 0 Å². The third-order valence-corrected chi connectivity index (χ3v) is 6.51. The van der Waals surface area contributed by atoms with Crippen molar-refractivity contribution in [1.82, 2.24) is 4.57 Å². The summed E-state index contributed by atoms with van der Waals surface area (Å²) in [6, 6.07) is 10.5. The zero-order valence-electron chi connectivity index (χ0n) is 22.0. The normalized spacial score (nSPS) is 13.7. The van der Waals surface area contributed by atoms with E-state index in [0.29, 0.717) is 11.1 Å². The van der Waals surface area contributed by atoms with Crippen molar-refractivity contribution in [2.24, 2.45) is 5.73 Å². The molecule has 0 unspecified atom stereocenters. The maximum atomic E-state index is 14.5. The van der Waals surface area contributed by atoms with E-state index in [4.69, 9.17) is 0 Å². The van der Waals surface area contributed by atoms with Gasteiger partial charge in [0.05, 0.1) is 17.8 Å². The molecule has 1 aromatic heterocycles. The van der Waals surface area contributed by atoms with E-state index in [9.17, 15) is 17.6 Å². The van der Waals surface area contributed by atoms with Crippen LogP contribution in [0.25, 0.3) is 10.9 Å². The Morgan fingerprint density at radius 2 is 1.82 bits per heavy atom. The lowest BCUT2D eigenvalue weighted by atomic mass is 9.95. The fourth-order valence-corrected chi connectivity index (χ4v) is 4.82. The third kappa shape index (κ3) is 7.95. The van der Waals surface area contributed by atoms with Crippen LogP contribution in [0.3, 0.4) is 0 Å². The first-order valence-corrected chi connectivity index (χ1v) is 13.0. The minimum Gasteiger partial charge on any atom is -0.405 e. The van der Waals surface area contributed by atoms with Crippen LogP contribution >= 0.6 is 0 Å². The molecule has 1 aliphatic carbocycles. The predicted octanol–water partition coefficient (Wildman–Crippen LogP) is 7.51. The van der Waals surface area contributed by atoms with Crippen LogP contribution < -0.4 is 16.4 Å². The van der Waals surface area contributed by atoms with Crippen LogP contribution in [0.2, 0.25) is 0 Å². The van der Waals surface area contributed by atoms with E-state index in [2.05, 4.69) is 47.8 Å². The van der Waals surface area contributed by atoms with Crippen LogP contribution in [-0.4, -0.2) is 23.3 Å². The topological polar surface area (TPSA) is 55.0 Å². The Hall–Kier alpha value is -3.60. The quantitative estimate of drug-likeness (QED) is 0.229. The zero-order chi connectivity index (χ0) is 27.7. The predicted molar refractivity (Wildman–Crippen MR) is 149 cm³/mol. The lowest BCUT2D eigenvalue weighted by molar-refractivity contribution is -0.140. The van der Waals surface area contributed by atoms with Gasteiger partial charge in [-0.25, -0.2) is 4.39 Å². The molecule has 1 heterocycles. The number of aromatic nitrogens is 1. The molecule has 1 fully saturated rings. The van der Waals surface area contributed by atoms with Crippen molar-refractivity contribution in [2.45, 2.75) is 71.1 Å². The molecule has 0 atom stereocenters. The first-order chi connectivity index (χ1) is 18.1. The summed E-state index contributed by atoms with van der Waals surface area (Å²) in [5.41, 5.74) is 8.85. The molecule has 1 saturated carbocycles. The SMILES string of the molecule is C=CN.CCc1cc(C)ccc1NCC#Cc1cc2c(NC3CCCCC3)cc(F)cc2n1CC(F)(F)F. The number of nitrogens with one attached hydrogen (secondary N) is 2. The van der Waals surface area contributed by atoms with Gasteiger partial charge in [-0.15, -0.1) is 0 Å². The molecule has 0 radical (unpaired) electrons. The van der Waals surface area contributed by atoms with Gasteiger partial charge >= 0.3 is 6.18 Å². The largest absolute Gasteiger partial charge is 0.406 e. The molecule has 38 heavy (non-hydrogen) atoms. The Bertz CT molecular complexity index is 1290. The highest BCUT2D eigenvalue weighted by molar-refractivity contribution is 5.94. The van der Waals surface area contributed by atoms with Gasteiger partial charge in [-0.3, -0.25) is 0 Å². The molecule has 0 aliphatic heterocycles. The van der Waals surface area contributed by atoms with E-state index in [-0.39, 0.29) is 23.8 Å². The van der Waals surface area contributed by atoms with Gasteiger partial charge in [0.2, 0.25) is 0 Å². The summed E-state index contributed by atoms with van der Waals surface area (Å²) < 4.78 is 55.9. The molecule has 4 nitrogen and oxygen atoms in total. The van der Waals surface area contributed by atoms with Gasteiger partial charge in [0.1, 0.15) is 12.4 Å². The van der Waals surface area contributed by atoms with Gasteiger partial charge in [-0.05, 0) is 68.1 Å². The van der Waals surface area contributed by atoms with E-state index in [1.54, 1.807) is 6.07 Å². The summed E-state index contributed by atoms with van der Waals surface area (Å²) in [5, 5.41) is 7.20. The average Bonchev–Trinajstić information content (AvgIpc) is 3.19. The number of aryl methyl sites for hydroxylation is 2. The lowest BCUT2D eigenvalue weighted by Gasteiger charge is -2.24. The minimum absolute atomic E-state index is 0.195. The number of hydrogen-bond donors (Lipinski definition) is 3. The molecule has 0 spiro atoms. The number of halogens is 4. The minimum atomic E-state index is -4.46. The van der Waals surface area contributed by atoms with Gasteiger partial charge < -0.3 is 20.9 Å². The number of nitrogens with two attached hydrogens (primary N) is 1. The number of rotatable bonds is 6. The molecule has 204 valence electrons. The summed E-state index contributed by atoms with van der Waals surface area (Å²) in [4.78, 5) is 0. The maximum absolute atomic E-state index is 14.5. The molecule has 0 saturated heterocycles. The first kappa shape index (κ1) is 29.0. The fourth-order valence-electron chi connectivity index (χ4n) is 4.82. The van der Waals surface area contributed by atoms with Crippen molar-refractivity contribution < 1.29 is 17.6 Å². The second-order valence-electron chi connectivity index (χ2n) is 9.50. The highest BCUT2D eigenvalue weighted by Gasteiger charge is 2.30. The molecular weight excluding hydrogens is 492 g/mol. The van der Waals surface area contributed by atoms with Crippen molar-refractivity contribution in [3.8, 4) is 11.8 Å². The van der Waals surface area contributed by atoms with Crippen LogP contribution in [0.5, 0.6) is 0 Å². The summed E-state index contributed by atoms with van der Waals surface area (Å²) in [6.45, 7) is 6.30. The van der Waals surface area contributed by atoms with E-state index < -0.39 is 18.5 Å². The molecule has 4 N–H and O–H groups in total. The van der Waals surface area contributed by atoms with Crippen LogP contribution in [0, 0.1) is 24.6 Å². The molecular formula is C30H36F4N4. The van der Waals surface area contributed by atoms with Crippen molar-refractivity contribution >= 4 is 22.3 Å². The monoisotopic (exact) mass is 528 g/mol. The van der Waals surface area contributed by atoms with E-state index in [1.165, 1.54) is 24.3 Å². The second-order valence-corrected chi connectivity index (χ2v) is 9.50. The van der Waals surface area contributed by atoms with Crippen molar-refractivity contribution in [3.63, 3.8) is 0 Å². The zero-order valence-corrected chi connectivity index (χ0v) is 22.0. The molecule has 4 rings (SSSR count). The van der Waals surface area contributed by atoms with E-state index in [0.717, 1.165) is 54.0 Å². The van der Waals surface area contributed by atoms with E-state index in [1.807, 2.05) is 19.1 Å². The van der Waals surface area contributed by atoms with Gasteiger partial charge in [0.15, 0.2) is 0 Å². The number of anilines is 2. The Labute approximate surface area is 222 Å². The maximum Gasteiger partial charge on any atom is 0.406 e. The first-order valence-electron chi connectivity index (χ1n) is 13.0. The van der Waals surface area contributed by atoms with Gasteiger partial charge in [0.25, 0.3) is 0 Å². The number of benzene rings is 2. The van der Waals surface area contributed by atoms with Gasteiger partial charge in [0, 0.05) is 22.8 Å². The Kier molecular flexibility index (Phi) is 10.1. The summed E-state index contributed by atoms with van der Waals surface area (Å²) in [6.07, 6.45) is 2.96. The van der Waals surface area contributed by atoms with Gasteiger partial charge in [-0.2, -0.15) is 13.2 Å². The number of fused-ring (bicyclic) bond motifs is 1. The molecule has 1 aliphatic rings. The average molecular weight is 529 g/mol. The van der Waals surface area contributed by atoms with Crippen LogP contribution in [0.1, 0.15) is 55.8 Å². The Morgan fingerprint density at radius 1 is 1.11 bits per heavy atom. The smallest absolute Gasteiger partial charge is 0.405 e. The number of alkyl halides is 3. The standard InChI is InChI=1S/C28H31F4N3.C2H5N/c1-3-20-14-19(2)11-12-25(20)33-13-7-10-23-17-24-26(34-22-8-5-4-6-9-22)15-21(29)16-27(24)35(23)18-28(30,31)32;1-2-3/h11-12,14-17,22,33-34H,3-6,8-9,13,18H2,1-2H3;2H,1,3H2. The lowest BCUT2D eigenvalue weighted by Crippen LogP contribution is -2.22. The highest BCUT2D eigenvalue weighted by atomic mass is 19.4. The summed E-state index contributed by atoms with van der Waals surface area (Å²) in [5.74, 6) is 5.29. The fraction of sp³-hybridized carbons (Fsp3) is 0.400. The van der Waals surface area contributed by atoms with E-state index >= 15 is 0 Å². The van der Waals surface area contributed by atoms with Crippen molar-refractivity contribution in [3.05, 3.63) is 71.8 Å². The van der Waals surface area contributed by atoms with Crippen LogP contribution in [0.15, 0.2) is 49.2 Å². The summed E-state index contributed by atoms with van der Waals surface area (Å²) >= 11 is 0. The molecule has 0 bridgehead atoms. The second kappa shape index (κ2) is 13.3. The van der Waals surface area contributed by atoms with Crippen LogP contribution in [-0.2, 0) is 13.0 Å². The third-order valence-electron chi connectivity index (χ3n) is 6.51. The molecule has 8 heteroatoms. The molecule has 2 aromatic carbocycles. The van der Waals surface area contributed by atoms with Crippen molar-refractivity contribution in [2.75, 3.05) is 17.2 Å². The van der Waals surface area contributed by atoms with Gasteiger partial charge in [-0.1, -0.05) is 56.4 Å². The Balaban J connectivity index is 0.00000127. The van der Waals surface area contributed by atoms with Crippen LogP contribution in [0.4, 0.5) is 28.9 Å².